The van der Waals surface area contributed by atoms with Gasteiger partial charge in [-0.3, -0.25) is 9.89 Å². The van der Waals surface area contributed by atoms with Crippen molar-refractivity contribution in [2.45, 2.75) is 37.9 Å². The van der Waals surface area contributed by atoms with Crippen LogP contribution in [0.15, 0.2) is 29.3 Å². The van der Waals surface area contributed by atoms with Crippen molar-refractivity contribution < 1.29 is 17.6 Å². The number of aliphatic imine (C=N–C) groups is 1. The van der Waals surface area contributed by atoms with Crippen molar-refractivity contribution in [3.05, 3.63) is 35.6 Å². The van der Waals surface area contributed by atoms with E-state index in [9.17, 15) is 17.6 Å². The van der Waals surface area contributed by atoms with Crippen LogP contribution >= 0.6 is 24.0 Å². The average Bonchev–Trinajstić information content (AvgIpc) is 2.96. The lowest BCUT2D eigenvalue weighted by Crippen LogP contribution is -2.48. The molecule has 0 aromatic heterocycles. The molecule has 0 spiro atoms. The molecule has 1 saturated heterocycles. The third-order valence-corrected chi connectivity index (χ3v) is 4.54. The number of hydrogen-bond acceptors (Lipinski definition) is 2. The molecule has 1 aromatic carbocycles. The highest BCUT2D eigenvalue weighted by atomic mass is 127. The number of hydrogen-bond donors (Lipinski definition) is 2. The van der Waals surface area contributed by atoms with Crippen molar-refractivity contribution in [1.82, 2.24) is 15.5 Å². The van der Waals surface area contributed by atoms with Gasteiger partial charge in [-0.15, -0.1) is 24.0 Å². The van der Waals surface area contributed by atoms with Crippen LogP contribution in [0.2, 0.25) is 0 Å². The molecule has 27 heavy (non-hydrogen) atoms. The van der Waals surface area contributed by atoms with Gasteiger partial charge >= 0.3 is 6.18 Å². The van der Waals surface area contributed by atoms with Gasteiger partial charge in [-0.2, -0.15) is 13.2 Å². The van der Waals surface area contributed by atoms with Crippen LogP contribution in [0.25, 0.3) is 0 Å². The van der Waals surface area contributed by atoms with Crippen molar-refractivity contribution >= 4 is 29.9 Å². The summed E-state index contributed by atoms with van der Waals surface area (Å²) in [6.45, 7) is 4.33. The molecule has 1 unspecified atom stereocenters. The second kappa shape index (κ2) is 9.90. The molecule has 154 valence electrons. The summed E-state index contributed by atoms with van der Waals surface area (Å²) in [6.07, 6.45) is -3.55. The normalized spacial score (nSPS) is 18.9. The number of nitrogens with zero attached hydrogens (tertiary/aromatic N) is 2. The Kier molecular flexibility index (Phi) is 8.78. The van der Waals surface area contributed by atoms with Gasteiger partial charge in [0.1, 0.15) is 5.82 Å². The second-order valence-electron chi connectivity index (χ2n) is 7.30. The van der Waals surface area contributed by atoms with Gasteiger partial charge in [0.2, 0.25) is 0 Å². The monoisotopic (exact) mass is 502 g/mol. The first-order valence-electron chi connectivity index (χ1n) is 8.61. The molecule has 9 heteroatoms. The van der Waals surface area contributed by atoms with Crippen LogP contribution in [-0.4, -0.2) is 56.3 Å². The lowest BCUT2D eigenvalue weighted by Gasteiger charge is -2.27. The summed E-state index contributed by atoms with van der Waals surface area (Å²) in [7, 11) is 1.62. The number of likely N-dealkylation sites (tertiary alicyclic amines) is 1. The summed E-state index contributed by atoms with van der Waals surface area (Å²) >= 11 is 0. The highest BCUT2D eigenvalue weighted by Crippen LogP contribution is 2.23. The lowest BCUT2D eigenvalue weighted by molar-refractivity contribution is -0.143. The molecule has 2 rings (SSSR count). The fourth-order valence-electron chi connectivity index (χ4n) is 3.05. The third kappa shape index (κ3) is 7.81. The predicted molar refractivity (Wildman–Crippen MR) is 110 cm³/mol. The first-order chi connectivity index (χ1) is 12.1. The zero-order valence-electron chi connectivity index (χ0n) is 15.7. The number of halogens is 5. The van der Waals surface area contributed by atoms with E-state index in [1.54, 1.807) is 13.1 Å². The van der Waals surface area contributed by atoms with Gasteiger partial charge in [0.15, 0.2) is 5.96 Å². The van der Waals surface area contributed by atoms with E-state index >= 15 is 0 Å². The highest BCUT2D eigenvalue weighted by molar-refractivity contribution is 14.0. The maximum Gasteiger partial charge on any atom is 0.401 e. The topological polar surface area (TPSA) is 39.7 Å². The minimum Gasteiger partial charge on any atom is -0.356 e. The largest absolute Gasteiger partial charge is 0.401 e. The molecule has 0 radical (unpaired) electrons. The molecular formula is C18H27F4IN4. The maximum absolute atomic E-state index is 13.4. The number of rotatable bonds is 5. The molecule has 1 heterocycles. The van der Waals surface area contributed by atoms with Gasteiger partial charge < -0.3 is 10.6 Å². The summed E-state index contributed by atoms with van der Waals surface area (Å²) in [6, 6.07) is 6.37. The van der Waals surface area contributed by atoms with Crippen molar-refractivity contribution in [2.75, 3.05) is 33.2 Å². The minimum absolute atomic E-state index is 0. The van der Waals surface area contributed by atoms with E-state index in [4.69, 9.17) is 0 Å². The highest BCUT2D eigenvalue weighted by Gasteiger charge is 2.34. The molecule has 0 aliphatic carbocycles. The first kappa shape index (κ1) is 23.9. The summed E-state index contributed by atoms with van der Waals surface area (Å²) in [4.78, 5) is 5.54. The Labute approximate surface area is 174 Å². The summed E-state index contributed by atoms with van der Waals surface area (Å²) < 4.78 is 50.9. The van der Waals surface area contributed by atoms with E-state index in [1.807, 2.05) is 19.9 Å². The van der Waals surface area contributed by atoms with Crippen molar-refractivity contribution in [2.24, 2.45) is 4.99 Å². The average molecular weight is 502 g/mol. The molecule has 1 fully saturated rings. The number of alkyl halides is 3. The van der Waals surface area contributed by atoms with E-state index < -0.39 is 12.7 Å². The Balaban J connectivity index is 0.00000364. The fraction of sp³-hybridized carbons (Fsp3) is 0.611. The Morgan fingerprint density at radius 2 is 2.00 bits per heavy atom. The van der Waals surface area contributed by atoms with Gasteiger partial charge in [0, 0.05) is 38.1 Å². The van der Waals surface area contributed by atoms with Gasteiger partial charge in [-0.05, 0) is 24.1 Å². The maximum atomic E-state index is 13.4. The van der Waals surface area contributed by atoms with E-state index in [-0.39, 0.29) is 41.3 Å². The molecule has 1 aliphatic rings. The van der Waals surface area contributed by atoms with Gasteiger partial charge in [0.25, 0.3) is 0 Å². The molecule has 4 nitrogen and oxygen atoms in total. The molecular weight excluding hydrogens is 475 g/mol. The standard InChI is InChI=1S/C18H26F4N4.HI/c1-17(2,13-5-4-6-14(19)9-13)11-24-16(23-3)25-15-7-8-26(10-15)12-18(20,21)22;/h4-6,9,15H,7-8,10-12H2,1-3H3,(H2,23,24,25);1H. The third-order valence-electron chi connectivity index (χ3n) is 4.54. The lowest BCUT2D eigenvalue weighted by atomic mass is 9.84. The van der Waals surface area contributed by atoms with Crippen LogP contribution < -0.4 is 10.6 Å². The smallest absolute Gasteiger partial charge is 0.356 e. The van der Waals surface area contributed by atoms with E-state index in [2.05, 4.69) is 15.6 Å². The first-order valence-corrected chi connectivity index (χ1v) is 8.61. The van der Waals surface area contributed by atoms with Gasteiger partial charge in [-0.1, -0.05) is 26.0 Å². The minimum atomic E-state index is -4.18. The molecule has 0 bridgehead atoms. The van der Waals surface area contributed by atoms with Gasteiger partial charge in [0.05, 0.1) is 6.54 Å². The zero-order chi connectivity index (χ0) is 19.4. The van der Waals surface area contributed by atoms with Crippen LogP contribution in [0.1, 0.15) is 25.8 Å². The van der Waals surface area contributed by atoms with Gasteiger partial charge in [-0.25, -0.2) is 4.39 Å². The van der Waals surface area contributed by atoms with E-state index in [1.165, 1.54) is 17.0 Å². The Hall–Kier alpha value is -1.10. The summed E-state index contributed by atoms with van der Waals surface area (Å²) in [5, 5.41) is 6.37. The molecule has 0 amide bonds. The van der Waals surface area contributed by atoms with E-state index in [0.717, 1.165) is 5.56 Å². The Bertz CT molecular complexity index is 634. The van der Waals surface area contributed by atoms with Crippen LogP contribution in [0.4, 0.5) is 17.6 Å². The van der Waals surface area contributed by atoms with E-state index in [0.29, 0.717) is 32.0 Å². The van der Waals surface area contributed by atoms with Crippen LogP contribution in [0.5, 0.6) is 0 Å². The van der Waals surface area contributed by atoms with Crippen molar-refractivity contribution in [3.63, 3.8) is 0 Å². The number of benzene rings is 1. The fourth-order valence-corrected chi connectivity index (χ4v) is 3.05. The summed E-state index contributed by atoms with van der Waals surface area (Å²) in [5.74, 6) is 0.252. The van der Waals surface area contributed by atoms with Crippen LogP contribution in [0, 0.1) is 5.82 Å². The van der Waals surface area contributed by atoms with Crippen LogP contribution in [-0.2, 0) is 5.41 Å². The Morgan fingerprint density at radius 3 is 2.59 bits per heavy atom. The molecule has 2 N–H and O–H groups in total. The van der Waals surface area contributed by atoms with Crippen molar-refractivity contribution in [3.8, 4) is 0 Å². The second-order valence-corrected chi connectivity index (χ2v) is 7.30. The molecule has 0 saturated carbocycles. The quantitative estimate of drug-likeness (QED) is 0.280. The zero-order valence-corrected chi connectivity index (χ0v) is 18.1. The van der Waals surface area contributed by atoms with Crippen LogP contribution in [0.3, 0.4) is 0 Å². The molecule has 1 aromatic rings. The molecule has 1 aliphatic heterocycles. The predicted octanol–water partition coefficient (Wildman–Crippen LogP) is 3.52. The Morgan fingerprint density at radius 1 is 1.30 bits per heavy atom. The van der Waals surface area contributed by atoms with Crippen molar-refractivity contribution in [1.29, 1.82) is 0 Å². The summed E-state index contributed by atoms with van der Waals surface area (Å²) in [5.41, 5.74) is 0.523. The number of guanidine groups is 1. The molecule has 1 atom stereocenters. The SMILES string of the molecule is CN=C(NCC(C)(C)c1cccc(F)c1)NC1CCN(CC(F)(F)F)C1.I. The number of nitrogens with one attached hydrogen (secondary N) is 2.